The van der Waals surface area contributed by atoms with Crippen LogP contribution < -0.4 is 11.1 Å². The summed E-state index contributed by atoms with van der Waals surface area (Å²) in [7, 11) is 0. The smallest absolute Gasteiger partial charge is 0.326 e. The van der Waals surface area contributed by atoms with Crippen LogP contribution in [0.3, 0.4) is 0 Å². The first-order valence-corrected chi connectivity index (χ1v) is 11.8. The fraction of sp³-hybridized carbons (Fsp3) is 0.619. The number of ether oxygens (including phenoxy) is 1. The molecule has 0 aromatic heterocycles. The number of esters is 1. The molecule has 6 nitrogen and oxygen atoms in total. The normalized spacial score (nSPS) is 27.5. The average molecular weight is 439 g/mol. The topological polar surface area (TPSA) is 102 Å². The van der Waals surface area contributed by atoms with Gasteiger partial charge in [-0.3, -0.25) is 20.6 Å². The zero-order chi connectivity index (χ0) is 21.3. The first-order valence-electron chi connectivity index (χ1n) is 9.87. The number of nitrogens with two attached hydrogens (primary N) is 1. The third kappa shape index (κ3) is 4.60. The van der Waals surface area contributed by atoms with E-state index in [0.29, 0.717) is 0 Å². The molecule has 160 valence electrons. The van der Waals surface area contributed by atoms with Crippen LogP contribution >= 0.6 is 23.5 Å². The number of hydrogen-bond donors (Lipinski definition) is 3. The quantitative estimate of drug-likeness (QED) is 0.475. The average Bonchev–Trinajstić information content (AvgIpc) is 2.97. The van der Waals surface area contributed by atoms with Crippen LogP contribution in [0.4, 0.5) is 0 Å². The highest BCUT2D eigenvalue weighted by Crippen LogP contribution is 2.58. The van der Waals surface area contributed by atoms with Gasteiger partial charge in [-0.15, -0.1) is 11.8 Å². The number of hydrogen-bond acceptors (Lipinski definition) is 7. The zero-order valence-electron chi connectivity index (χ0n) is 17.1. The molecule has 3 rings (SSSR count). The van der Waals surface area contributed by atoms with E-state index in [2.05, 4.69) is 5.32 Å². The Balaban J connectivity index is 1.90. The van der Waals surface area contributed by atoms with Crippen molar-refractivity contribution in [3.8, 4) is 0 Å². The van der Waals surface area contributed by atoms with Crippen LogP contribution in [0.1, 0.15) is 51.8 Å². The van der Waals surface area contributed by atoms with Crippen molar-refractivity contribution in [1.29, 1.82) is 0 Å². The maximum Gasteiger partial charge on any atom is 0.326 e. The molecule has 0 bridgehead atoms. The Morgan fingerprint density at radius 3 is 2.45 bits per heavy atom. The summed E-state index contributed by atoms with van der Waals surface area (Å²) in [6.07, 6.45) is 0.736. The molecule has 0 saturated carbocycles. The molecule has 4 N–H and O–H groups in total. The molecule has 3 atom stereocenters. The van der Waals surface area contributed by atoms with Crippen LogP contribution in [0.2, 0.25) is 0 Å². The fourth-order valence-corrected chi connectivity index (χ4v) is 7.55. The summed E-state index contributed by atoms with van der Waals surface area (Å²) < 4.78 is 5.28. The number of nitrogens with one attached hydrogen (secondary N) is 1. The van der Waals surface area contributed by atoms with E-state index in [1.165, 1.54) is 0 Å². The predicted molar refractivity (Wildman–Crippen MR) is 118 cm³/mol. The highest BCUT2D eigenvalue weighted by molar-refractivity contribution is 8.03. The Morgan fingerprint density at radius 1 is 1.28 bits per heavy atom. The predicted octanol–water partition coefficient (Wildman–Crippen LogP) is 3.38. The van der Waals surface area contributed by atoms with E-state index in [1.54, 1.807) is 11.8 Å². The van der Waals surface area contributed by atoms with Gasteiger partial charge in [0.25, 0.3) is 0 Å². The molecule has 29 heavy (non-hydrogen) atoms. The van der Waals surface area contributed by atoms with Gasteiger partial charge in [0.2, 0.25) is 0 Å². The molecule has 2 saturated heterocycles. The maximum atomic E-state index is 13.3. The summed E-state index contributed by atoms with van der Waals surface area (Å²) in [5.74, 6) is 0.597. The van der Waals surface area contributed by atoms with Gasteiger partial charge < -0.3 is 9.84 Å². The lowest BCUT2D eigenvalue weighted by Crippen LogP contribution is -2.56. The van der Waals surface area contributed by atoms with Crippen molar-refractivity contribution in [3.63, 3.8) is 0 Å². The van der Waals surface area contributed by atoms with Crippen molar-refractivity contribution in [3.05, 3.63) is 35.9 Å². The number of carbonyl (C=O) groups is 2. The van der Waals surface area contributed by atoms with Crippen LogP contribution in [0.25, 0.3) is 0 Å². The van der Waals surface area contributed by atoms with Gasteiger partial charge in [0, 0.05) is 10.3 Å². The van der Waals surface area contributed by atoms with E-state index in [0.717, 1.165) is 29.9 Å². The Morgan fingerprint density at radius 2 is 1.90 bits per heavy atom. The van der Waals surface area contributed by atoms with Gasteiger partial charge in [0.15, 0.2) is 6.23 Å². The summed E-state index contributed by atoms with van der Waals surface area (Å²) in [6, 6.07) is 8.64. The summed E-state index contributed by atoms with van der Waals surface area (Å²) in [4.78, 5) is 24.2. The molecule has 1 spiro atoms. The van der Waals surface area contributed by atoms with Crippen molar-refractivity contribution in [2.24, 2.45) is 11.1 Å². The standard InChI is InChI=1S/C21H30N2O4S2/c1-19(2,3)21(13-15(24)25)23-16(20(29-21)9-11-28-12-10-20)18(26)27-17(22)14-7-5-4-6-8-14/h4-8,16-17,23H,9-13,22H2,1-3H3,(H,24,25). The lowest BCUT2D eigenvalue weighted by Gasteiger charge is -2.42. The van der Waals surface area contributed by atoms with E-state index in [4.69, 9.17) is 10.5 Å². The molecule has 0 amide bonds. The Hall–Kier alpha value is -1.22. The lowest BCUT2D eigenvalue weighted by molar-refractivity contribution is -0.153. The van der Waals surface area contributed by atoms with Crippen LogP contribution in [0.15, 0.2) is 30.3 Å². The van der Waals surface area contributed by atoms with Crippen molar-refractivity contribution in [2.45, 2.75) is 61.9 Å². The second-order valence-electron chi connectivity index (χ2n) is 8.77. The molecule has 1 aromatic carbocycles. The minimum absolute atomic E-state index is 0.0649. The molecule has 0 radical (unpaired) electrons. The van der Waals surface area contributed by atoms with Gasteiger partial charge in [0.05, 0.1) is 11.3 Å². The van der Waals surface area contributed by atoms with Crippen molar-refractivity contribution in [1.82, 2.24) is 5.32 Å². The van der Waals surface area contributed by atoms with E-state index < -0.39 is 29.1 Å². The van der Waals surface area contributed by atoms with E-state index in [-0.39, 0.29) is 16.6 Å². The molecular formula is C21H30N2O4S2. The van der Waals surface area contributed by atoms with Gasteiger partial charge in [-0.1, -0.05) is 51.1 Å². The minimum Gasteiger partial charge on any atom is -0.481 e. The van der Waals surface area contributed by atoms with Crippen LogP contribution in [-0.4, -0.2) is 44.2 Å². The van der Waals surface area contributed by atoms with Gasteiger partial charge in [-0.2, -0.15) is 11.8 Å². The molecule has 1 aromatic rings. The van der Waals surface area contributed by atoms with Crippen molar-refractivity contribution in [2.75, 3.05) is 11.5 Å². The Kier molecular flexibility index (Phi) is 6.58. The van der Waals surface area contributed by atoms with Crippen molar-refractivity contribution < 1.29 is 19.4 Å². The molecule has 2 heterocycles. The number of carbonyl (C=O) groups excluding carboxylic acids is 1. The highest BCUT2D eigenvalue weighted by Gasteiger charge is 2.62. The monoisotopic (exact) mass is 438 g/mol. The number of benzene rings is 1. The summed E-state index contributed by atoms with van der Waals surface area (Å²) in [5, 5.41) is 13.1. The minimum atomic E-state index is -0.879. The Labute approximate surface area is 180 Å². The lowest BCUT2D eigenvalue weighted by atomic mass is 9.82. The molecule has 2 aliphatic heterocycles. The third-order valence-corrected chi connectivity index (χ3v) is 9.10. The number of thioether (sulfide) groups is 2. The van der Waals surface area contributed by atoms with Gasteiger partial charge in [-0.05, 0) is 29.8 Å². The second kappa shape index (κ2) is 8.49. The molecule has 3 unspecified atom stereocenters. The SMILES string of the molecule is CC(C)(C)C1(CC(=O)O)NC(C(=O)OC(N)c2ccccc2)C2(CCSCC2)S1. The molecular weight excluding hydrogens is 408 g/mol. The summed E-state index contributed by atoms with van der Waals surface area (Å²) in [5.41, 5.74) is 6.50. The maximum absolute atomic E-state index is 13.3. The first-order chi connectivity index (χ1) is 13.6. The van der Waals surface area contributed by atoms with Gasteiger partial charge >= 0.3 is 11.9 Å². The third-order valence-electron chi connectivity index (χ3n) is 5.84. The van der Waals surface area contributed by atoms with E-state index >= 15 is 0 Å². The summed E-state index contributed by atoms with van der Waals surface area (Å²) in [6.45, 7) is 6.06. The van der Waals surface area contributed by atoms with E-state index in [1.807, 2.05) is 62.9 Å². The van der Waals surface area contributed by atoms with Crippen LogP contribution in [0.5, 0.6) is 0 Å². The highest BCUT2D eigenvalue weighted by atomic mass is 32.2. The summed E-state index contributed by atoms with van der Waals surface area (Å²) >= 11 is 3.50. The van der Waals surface area contributed by atoms with Crippen LogP contribution in [-0.2, 0) is 14.3 Å². The molecule has 2 fully saturated rings. The first kappa shape index (κ1) is 22.5. The zero-order valence-corrected chi connectivity index (χ0v) is 18.8. The molecule has 8 heteroatoms. The number of carboxylic acid groups (broad SMARTS) is 1. The Bertz CT molecular complexity index is 747. The number of rotatable bonds is 5. The van der Waals surface area contributed by atoms with Gasteiger partial charge in [-0.25, -0.2) is 0 Å². The molecule has 0 aliphatic carbocycles. The van der Waals surface area contributed by atoms with Crippen molar-refractivity contribution >= 4 is 35.5 Å². The number of aliphatic carboxylic acids is 1. The number of carboxylic acids is 1. The van der Waals surface area contributed by atoms with Crippen LogP contribution in [0, 0.1) is 5.41 Å². The second-order valence-corrected chi connectivity index (χ2v) is 11.7. The van der Waals surface area contributed by atoms with E-state index in [9.17, 15) is 14.7 Å². The molecule has 2 aliphatic rings. The fourth-order valence-electron chi connectivity index (χ4n) is 4.02. The largest absolute Gasteiger partial charge is 0.481 e. The van der Waals surface area contributed by atoms with Gasteiger partial charge in [0.1, 0.15) is 6.04 Å².